The smallest absolute Gasteiger partial charge is 0.287 e. The molecule has 1 aromatic rings. The van der Waals surface area contributed by atoms with Gasteiger partial charge in [-0.25, -0.2) is 0 Å². The van der Waals surface area contributed by atoms with Crippen LogP contribution in [-0.4, -0.2) is 50.6 Å². The summed E-state index contributed by atoms with van der Waals surface area (Å²) in [6.07, 6.45) is 4.41. The lowest BCUT2D eigenvalue weighted by molar-refractivity contribution is 0.0925. The number of furan rings is 1. The zero-order valence-electron chi connectivity index (χ0n) is 13.3. The van der Waals surface area contributed by atoms with E-state index in [1.165, 1.54) is 6.26 Å². The fourth-order valence-corrected chi connectivity index (χ4v) is 1.98. The normalized spacial score (nSPS) is 10.8. The van der Waals surface area contributed by atoms with E-state index in [-0.39, 0.29) is 29.9 Å². The minimum atomic E-state index is -0.167. The van der Waals surface area contributed by atoms with Crippen molar-refractivity contribution in [1.82, 2.24) is 16.0 Å². The van der Waals surface area contributed by atoms with E-state index in [1.54, 1.807) is 24.9 Å². The van der Waals surface area contributed by atoms with E-state index in [2.05, 4.69) is 27.2 Å². The first-order chi connectivity index (χ1) is 10.2. The van der Waals surface area contributed by atoms with Crippen molar-refractivity contribution in [3.63, 3.8) is 0 Å². The molecule has 0 saturated carbocycles. The Balaban J connectivity index is 0.00000441. The standard InChI is InChI=1S/C14H24N4O2S.HI/c1-11-5-9-20-12(11)13(19)16-6-4-7-17-14(15-2)18-8-10-21-3;/h5,9H,4,6-8,10H2,1-3H3,(H,16,19)(H2,15,17,18);1H. The lowest BCUT2D eigenvalue weighted by atomic mass is 10.2. The van der Waals surface area contributed by atoms with Gasteiger partial charge in [-0.15, -0.1) is 24.0 Å². The third-order valence-electron chi connectivity index (χ3n) is 2.82. The van der Waals surface area contributed by atoms with Crippen molar-refractivity contribution in [3.8, 4) is 0 Å². The second kappa shape index (κ2) is 12.6. The lowest BCUT2D eigenvalue weighted by Crippen LogP contribution is -2.39. The van der Waals surface area contributed by atoms with Gasteiger partial charge < -0.3 is 20.4 Å². The minimum Gasteiger partial charge on any atom is -0.459 e. The van der Waals surface area contributed by atoms with Gasteiger partial charge in [0.2, 0.25) is 0 Å². The lowest BCUT2D eigenvalue weighted by Gasteiger charge is -2.11. The molecule has 0 aliphatic carbocycles. The van der Waals surface area contributed by atoms with E-state index in [4.69, 9.17) is 4.42 Å². The molecule has 0 radical (unpaired) electrons. The highest BCUT2D eigenvalue weighted by Gasteiger charge is 2.11. The van der Waals surface area contributed by atoms with Crippen LogP contribution in [0.4, 0.5) is 0 Å². The van der Waals surface area contributed by atoms with Crippen LogP contribution < -0.4 is 16.0 Å². The van der Waals surface area contributed by atoms with E-state index in [9.17, 15) is 4.79 Å². The SMILES string of the molecule is CN=C(NCCCNC(=O)c1occc1C)NCCSC.I. The molecule has 0 fully saturated rings. The molecule has 6 nitrogen and oxygen atoms in total. The van der Waals surface area contributed by atoms with Gasteiger partial charge in [0.1, 0.15) is 0 Å². The number of hydrogen-bond acceptors (Lipinski definition) is 4. The summed E-state index contributed by atoms with van der Waals surface area (Å²) < 4.78 is 5.13. The number of hydrogen-bond donors (Lipinski definition) is 3. The Morgan fingerprint density at radius 3 is 2.55 bits per heavy atom. The maximum atomic E-state index is 11.8. The van der Waals surface area contributed by atoms with Crippen LogP contribution in [0.1, 0.15) is 22.5 Å². The molecule has 3 N–H and O–H groups in total. The first kappa shape index (κ1) is 21.1. The first-order valence-corrected chi connectivity index (χ1v) is 8.34. The maximum Gasteiger partial charge on any atom is 0.287 e. The van der Waals surface area contributed by atoms with Gasteiger partial charge in [0, 0.05) is 38.0 Å². The molecular weight excluding hydrogens is 415 g/mol. The van der Waals surface area contributed by atoms with Crippen molar-refractivity contribution in [2.45, 2.75) is 13.3 Å². The number of carbonyl (C=O) groups excluding carboxylic acids is 1. The summed E-state index contributed by atoms with van der Waals surface area (Å²) in [6, 6.07) is 1.78. The fourth-order valence-electron chi connectivity index (χ4n) is 1.67. The average Bonchev–Trinajstić information content (AvgIpc) is 2.91. The highest BCUT2D eigenvalue weighted by molar-refractivity contribution is 14.0. The Morgan fingerprint density at radius 1 is 1.27 bits per heavy atom. The van der Waals surface area contributed by atoms with Crippen molar-refractivity contribution < 1.29 is 9.21 Å². The number of nitrogens with zero attached hydrogens (tertiary/aromatic N) is 1. The van der Waals surface area contributed by atoms with Crippen LogP contribution in [-0.2, 0) is 0 Å². The van der Waals surface area contributed by atoms with Crippen molar-refractivity contribution in [2.24, 2.45) is 4.99 Å². The molecule has 0 atom stereocenters. The molecule has 0 aromatic carbocycles. The summed E-state index contributed by atoms with van der Waals surface area (Å²) in [5.41, 5.74) is 0.851. The number of amides is 1. The molecule has 0 saturated heterocycles. The minimum absolute atomic E-state index is 0. The van der Waals surface area contributed by atoms with Crippen LogP contribution in [0.25, 0.3) is 0 Å². The number of guanidine groups is 1. The molecular formula is C14H25IN4O2S. The Bertz CT molecular complexity index is 465. The summed E-state index contributed by atoms with van der Waals surface area (Å²) in [5.74, 6) is 2.05. The molecule has 126 valence electrons. The van der Waals surface area contributed by atoms with Crippen molar-refractivity contribution in [1.29, 1.82) is 0 Å². The second-order valence-corrected chi connectivity index (χ2v) is 5.45. The predicted octanol–water partition coefficient (Wildman–Crippen LogP) is 1.85. The highest BCUT2D eigenvalue weighted by atomic mass is 127. The molecule has 1 aromatic heterocycles. The van der Waals surface area contributed by atoms with Gasteiger partial charge in [-0.05, 0) is 25.7 Å². The zero-order valence-corrected chi connectivity index (χ0v) is 16.4. The molecule has 0 aliphatic rings. The number of rotatable bonds is 8. The number of aryl methyl sites for hydroxylation is 1. The van der Waals surface area contributed by atoms with E-state index < -0.39 is 0 Å². The topological polar surface area (TPSA) is 78.7 Å². The van der Waals surface area contributed by atoms with E-state index in [1.807, 2.05) is 6.92 Å². The fraction of sp³-hybridized carbons (Fsp3) is 0.571. The molecule has 0 aliphatic heterocycles. The summed E-state index contributed by atoms with van der Waals surface area (Å²) in [5, 5.41) is 9.25. The van der Waals surface area contributed by atoms with Crippen LogP contribution >= 0.6 is 35.7 Å². The van der Waals surface area contributed by atoms with Gasteiger partial charge in [0.15, 0.2) is 11.7 Å². The van der Waals surface area contributed by atoms with Crippen molar-refractivity contribution in [3.05, 3.63) is 23.7 Å². The Labute approximate surface area is 153 Å². The molecule has 22 heavy (non-hydrogen) atoms. The number of carbonyl (C=O) groups is 1. The summed E-state index contributed by atoms with van der Waals surface area (Å²) in [4.78, 5) is 15.9. The van der Waals surface area contributed by atoms with Crippen LogP contribution in [0.3, 0.4) is 0 Å². The Morgan fingerprint density at radius 2 is 1.95 bits per heavy atom. The van der Waals surface area contributed by atoms with Gasteiger partial charge >= 0.3 is 0 Å². The largest absolute Gasteiger partial charge is 0.459 e. The predicted molar refractivity (Wildman–Crippen MR) is 104 cm³/mol. The highest BCUT2D eigenvalue weighted by Crippen LogP contribution is 2.07. The zero-order chi connectivity index (χ0) is 15.5. The summed E-state index contributed by atoms with van der Waals surface area (Å²) in [7, 11) is 1.75. The summed E-state index contributed by atoms with van der Waals surface area (Å²) >= 11 is 1.79. The van der Waals surface area contributed by atoms with Gasteiger partial charge in [-0.1, -0.05) is 0 Å². The van der Waals surface area contributed by atoms with E-state index in [0.717, 1.165) is 36.8 Å². The second-order valence-electron chi connectivity index (χ2n) is 4.46. The molecule has 1 rings (SSSR count). The third kappa shape index (κ3) is 7.92. The van der Waals surface area contributed by atoms with Gasteiger partial charge in [0.25, 0.3) is 5.91 Å². The monoisotopic (exact) mass is 440 g/mol. The van der Waals surface area contributed by atoms with Gasteiger partial charge in [0.05, 0.1) is 6.26 Å². The van der Waals surface area contributed by atoms with Crippen LogP contribution in [0.15, 0.2) is 21.7 Å². The maximum absolute atomic E-state index is 11.8. The molecule has 0 bridgehead atoms. The Hall–Kier alpha value is -0.900. The van der Waals surface area contributed by atoms with Crippen molar-refractivity contribution in [2.75, 3.05) is 38.7 Å². The molecule has 1 amide bonds. The third-order valence-corrected chi connectivity index (χ3v) is 3.43. The van der Waals surface area contributed by atoms with Crippen molar-refractivity contribution >= 4 is 47.6 Å². The van der Waals surface area contributed by atoms with Crippen LogP contribution in [0.2, 0.25) is 0 Å². The number of halogens is 1. The van der Waals surface area contributed by atoms with Crippen LogP contribution in [0.5, 0.6) is 0 Å². The van der Waals surface area contributed by atoms with Gasteiger partial charge in [-0.2, -0.15) is 11.8 Å². The number of thioether (sulfide) groups is 1. The molecule has 0 unspecified atom stereocenters. The quantitative estimate of drug-likeness (QED) is 0.249. The number of nitrogens with one attached hydrogen (secondary N) is 3. The molecule has 8 heteroatoms. The van der Waals surface area contributed by atoms with Gasteiger partial charge in [-0.3, -0.25) is 9.79 Å². The van der Waals surface area contributed by atoms with E-state index >= 15 is 0 Å². The van der Waals surface area contributed by atoms with E-state index in [0.29, 0.717) is 12.3 Å². The average molecular weight is 440 g/mol. The molecule has 1 heterocycles. The summed E-state index contributed by atoms with van der Waals surface area (Å²) in [6.45, 7) is 4.07. The Kier molecular flexibility index (Phi) is 12.1. The molecule has 0 spiro atoms. The number of aliphatic imine (C=N–C) groups is 1. The first-order valence-electron chi connectivity index (χ1n) is 6.94. The van der Waals surface area contributed by atoms with Crippen LogP contribution in [0, 0.1) is 6.92 Å².